The molecule has 1 fully saturated rings. The van der Waals surface area contributed by atoms with Gasteiger partial charge in [-0.3, -0.25) is 9.59 Å². The fourth-order valence-electron chi connectivity index (χ4n) is 3.09. The van der Waals surface area contributed by atoms with Crippen LogP contribution in [0.25, 0.3) is 0 Å². The van der Waals surface area contributed by atoms with Gasteiger partial charge in [-0.25, -0.2) is 0 Å². The largest absolute Gasteiger partial charge is 0.465 e. The molecular weight excluding hydrogens is 280 g/mol. The molecule has 0 amide bonds. The summed E-state index contributed by atoms with van der Waals surface area (Å²) in [5.41, 5.74) is 0. The molecule has 1 aliphatic rings. The smallest absolute Gasteiger partial charge is 0.310 e. The van der Waals surface area contributed by atoms with Crippen molar-refractivity contribution in [1.82, 2.24) is 0 Å². The second-order valence-corrected chi connectivity index (χ2v) is 6.59. The highest BCUT2D eigenvalue weighted by Crippen LogP contribution is 2.40. The first-order chi connectivity index (χ1) is 10.5. The summed E-state index contributed by atoms with van der Waals surface area (Å²) in [6.45, 7) is 9.23. The molecular formula is C18H32O4. The van der Waals surface area contributed by atoms with Gasteiger partial charge in [-0.2, -0.15) is 0 Å². The molecule has 0 saturated heterocycles. The van der Waals surface area contributed by atoms with Crippen LogP contribution in [0.15, 0.2) is 0 Å². The van der Waals surface area contributed by atoms with Crippen LogP contribution < -0.4 is 0 Å². The molecule has 0 aliphatic heterocycles. The van der Waals surface area contributed by atoms with Crippen LogP contribution in [0.4, 0.5) is 0 Å². The van der Waals surface area contributed by atoms with Crippen LogP contribution in [-0.4, -0.2) is 25.2 Å². The van der Waals surface area contributed by atoms with Crippen LogP contribution in [0.5, 0.6) is 0 Å². The summed E-state index contributed by atoms with van der Waals surface area (Å²) >= 11 is 0. The molecule has 0 aromatic carbocycles. The van der Waals surface area contributed by atoms with Gasteiger partial charge < -0.3 is 9.47 Å². The predicted octanol–water partition coefficient (Wildman–Crippen LogP) is 3.97. The van der Waals surface area contributed by atoms with E-state index in [9.17, 15) is 9.59 Å². The molecule has 4 nitrogen and oxygen atoms in total. The van der Waals surface area contributed by atoms with E-state index >= 15 is 0 Å². The van der Waals surface area contributed by atoms with Crippen molar-refractivity contribution in [1.29, 1.82) is 0 Å². The molecule has 0 spiro atoms. The zero-order valence-corrected chi connectivity index (χ0v) is 14.6. The number of carbonyl (C=O) groups is 2. The van der Waals surface area contributed by atoms with Crippen LogP contribution in [0.3, 0.4) is 0 Å². The number of esters is 2. The van der Waals surface area contributed by atoms with Crippen LogP contribution >= 0.6 is 0 Å². The van der Waals surface area contributed by atoms with Crippen molar-refractivity contribution in [2.45, 2.75) is 66.2 Å². The summed E-state index contributed by atoms with van der Waals surface area (Å²) in [5, 5.41) is 0. The van der Waals surface area contributed by atoms with Crippen LogP contribution in [-0.2, 0) is 19.1 Å². The maximum absolute atomic E-state index is 12.4. The lowest BCUT2D eigenvalue weighted by atomic mass is 9.68. The van der Waals surface area contributed by atoms with Crippen molar-refractivity contribution < 1.29 is 19.1 Å². The number of unbranched alkanes of at least 4 members (excludes halogenated alkanes) is 2. The molecule has 0 radical (unpaired) electrons. The fraction of sp³-hybridized carbons (Fsp3) is 0.889. The Kier molecular flexibility index (Phi) is 8.51. The van der Waals surface area contributed by atoms with Crippen molar-refractivity contribution in [3.63, 3.8) is 0 Å². The standard InChI is InChI=1S/C18H32O4/c1-5-7-11-21-17(19)15-10-9-13(3)14(4)16(15)18(20)22-12-8-6-2/h13-16H,5-12H2,1-4H3. The van der Waals surface area contributed by atoms with E-state index in [1.165, 1.54) is 0 Å². The number of carbonyl (C=O) groups excluding carboxylic acids is 2. The monoisotopic (exact) mass is 312 g/mol. The minimum atomic E-state index is -0.352. The summed E-state index contributed by atoms with van der Waals surface area (Å²) in [6, 6.07) is 0. The SMILES string of the molecule is CCCCOC(=O)C1CCC(C)C(C)C1C(=O)OCCCC. The Morgan fingerprint density at radius 1 is 0.909 bits per heavy atom. The summed E-state index contributed by atoms with van der Waals surface area (Å²) < 4.78 is 10.8. The summed E-state index contributed by atoms with van der Waals surface area (Å²) in [4.78, 5) is 24.8. The number of hydrogen-bond acceptors (Lipinski definition) is 4. The molecule has 4 unspecified atom stereocenters. The van der Waals surface area contributed by atoms with Gasteiger partial charge in [0.25, 0.3) is 0 Å². The first-order valence-corrected chi connectivity index (χ1v) is 8.86. The van der Waals surface area contributed by atoms with E-state index in [1.807, 2.05) is 0 Å². The topological polar surface area (TPSA) is 52.6 Å². The van der Waals surface area contributed by atoms with Crippen molar-refractivity contribution in [3.05, 3.63) is 0 Å². The Balaban J connectivity index is 2.70. The molecule has 128 valence electrons. The first kappa shape index (κ1) is 19.0. The lowest BCUT2D eigenvalue weighted by Crippen LogP contribution is -2.42. The van der Waals surface area contributed by atoms with Crippen LogP contribution in [0, 0.1) is 23.7 Å². The van der Waals surface area contributed by atoms with Gasteiger partial charge in [-0.15, -0.1) is 0 Å². The highest BCUT2D eigenvalue weighted by molar-refractivity contribution is 5.82. The molecule has 4 heteroatoms. The molecule has 0 bridgehead atoms. The van der Waals surface area contributed by atoms with E-state index in [1.54, 1.807) is 0 Å². The molecule has 0 N–H and O–H groups in total. The first-order valence-electron chi connectivity index (χ1n) is 8.86. The fourth-order valence-corrected chi connectivity index (χ4v) is 3.09. The van der Waals surface area contributed by atoms with Gasteiger partial charge >= 0.3 is 11.9 Å². The third-order valence-corrected chi connectivity index (χ3v) is 4.89. The minimum absolute atomic E-state index is 0.159. The molecule has 0 heterocycles. The summed E-state index contributed by atoms with van der Waals surface area (Å²) in [6.07, 6.45) is 5.42. The quantitative estimate of drug-likeness (QED) is 0.502. The van der Waals surface area contributed by atoms with Gasteiger partial charge in [0, 0.05) is 0 Å². The van der Waals surface area contributed by atoms with Gasteiger partial charge in [0.1, 0.15) is 0 Å². The molecule has 0 aromatic heterocycles. The zero-order chi connectivity index (χ0) is 16.5. The number of rotatable bonds is 8. The van der Waals surface area contributed by atoms with E-state index in [0.29, 0.717) is 19.1 Å². The zero-order valence-electron chi connectivity index (χ0n) is 14.6. The van der Waals surface area contributed by atoms with E-state index in [0.717, 1.165) is 38.5 Å². The van der Waals surface area contributed by atoms with Crippen molar-refractivity contribution in [2.75, 3.05) is 13.2 Å². The van der Waals surface area contributed by atoms with Crippen LogP contribution in [0.2, 0.25) is 0 Å². The second kappa shape index (κ2) is 9.86. The maximum Gasteiger partial charge on any atom is 0.310 e. The number of hydrogen-bond donors (Lipinski definition) is 0. The lowest BCUT2D eigenvalue weighted by Gasteiger charge is -2.37. The van der Waals surface area contributed by atoms with Gasteiger partial charge in [0.2, 0.25) is 0 Å². The Hall–Kier alpha value is -1.06. The Bertz CT molecular complexity index is 353. The van der Waals surface area contributed by atoms with E-state index in [4.69, 9.17) is 9.47 Å². The minimum Gasteiger partial charge on any atom is -0.465 e. The third-order valence-electron chi connectivity index (χ3n) is 4.89. The average molecular weight is 312 g/mol. The van der Waals surface area contributed by atoms with Crippen LogP contribution in [0.1, 0.15) is 66.2 Å². The van der Waals surface area contributed by atoms with E-state index < -0.39 is 0 Å². The summed E-state index contributed by atoms with van der Waals surface area (Å²) in [7, 11) is 0. The van der Waals surface area contributed by atoms with Gasteiger partial charge in [-0.1, -0.05) is 40.5 Å². The molecule has 22 heavy (non-hydrogen) atoms. The molecule has 1 saturated carbocycles. The third kappa shape index (κ3) is 5.29. The van der Waals surface area contributed by atoms with Gasteiger partial charge in [0.05, 0.1) is 25.0 Å². The highest BCUT2D eigenvalue weighted by atomic mass is 16.5. The van der Waals surface area contributed by atoms with Crippen molar-refractivity contribution >= 4 is 11.9 Å². The van der Waals surface area contributed by atoms with E-state index in [2.05, 4.69) is 27.7 Å². The lowest BCUT2D eigenvalue weighted by molar-refractivity contribution is -0.167. The molecule has 0 aromatic rings. The van der Waals surface area contributed by atoms with Gasteiger partial charge in [-0.05, 0) is 37.5 Å². The van der Waals surface area contributed by atoms with E-state index in [-0.39, 0.29) is 29.7 Å². The average Bonchev–Trinajstić information content (AvgIpc) is 2.50. The van der Waals surface area contributed by atoms with Gasteiger partial charge in [0.15, 0.2) is 0 Å². The maximum atomic E-state index is 12.4. The normalized spacial score (nSPS) is 28.2. The highest BCUT2D eigenvalue weighted by Gasteiger charge is 2.44. The Morgan fingerprint density at radius 3 is 2.00 bits per heavy atom. The van der Waals surface area contributed by atoms with Crippen molar-refractivity contribution in [3.8, 4) is 0 Å². The Labute approximate surface area is 134 Å². The molecule has 1 aliphatic carbocycles. The molecule has 4 atom stereocenters. The number of ether oxygens (including phenoxy) is 2. The van der Waals surface area contributed by atoms with Crippen molar-refractivity contribution in [2.24, 2.45) is 23.7 Å². The second-order valence-electron chi connectivity index (χ2n) is 6.59. The molecule has 1 rings (SSSR count). The predicted molar refractivity (Wildman–Crippen MR) is 86.3 cm³/mol. The Morgan fingerprint density at radius 2 is 1.45 bits per heavy atom. The summed E-state index contributed by atoms with van der Waals surface area (Å²) in [5.74, 6) is -0.531.